The first kappa shape index (κ1) is 13.9. The summed E-state index contributed by atoms with van der Waals surface area (Å²) in [7, 11) is 1.72. The van der Waals surface area contributed by atoms with Crippen molar-refractivity contribution < 1.29 is 9.47 Å². The lowest BCUT2D eigenvalue weighted by molar-refractivity contribution is 0.0911. The topological polar surface area (TPSA) is 42.5 Å². The molecule has 16 heavy (non-hydrogen) atoms. The zero-order valence-electron chi connectivity index (χ0n) is 10.8. The van der Waals surface area contributed by atoms with Gasteiger partial charge in [0.15, 0.2) is 0 Å². The summed E-state index contributed by atoms with van der Waals surface area (Å²) in [6, 6.07) is 0.480. The van der Waals surface area contributed by atoms with E-state index < -0.39 is 0 Å². The molecular weight excluding hydrogens is 204 g/mol. The van der Waals surface area contributed by atoms with Gasteiger partial charge in [-0.1, -0.05) is 6.92 Å². The van der Waals surface area contributed by atoms with E-state index in [1.165, 1.54) is 6.42 Å². The Balaban J connectivity index is 1.99. The maximum atomic E-state index is 5.66. The molecule has 3 unspecified atom stereocenters. The summed E-state index contributed by atoms with van der Waals surface area (Å²) in [5, 5.41) is 6.85. The molecule has 0 aromatic heterocycles. The van der Waals surface area contributed by atoms with E-state index in [2.05, 4.69) is 24.5 Å². The van der Waals surface area contributed by atoms with Crippen LogP contribution >= 0.6 is 0 Å². The van der Waals surface area contributed by atoms with Crippen LogP contribution in [-0.4, -0.2) is 52.1 Å². The van der Waals surface area contributed by atoms with Crippen molar-refractivity contribution in [3.05, 3.63) is 0 Å². The Morgan fingerprint density at radius 3 is 2.94 bits per heavy atom. The fourth-order valence-corrected chi connectivity index (χ4v) is 1.90. The third-order valence-electron chi connectivity index (χ3n) is 3.14. The van der Waals surface area contributed by atoms with E-state index >= 15 is 0 Å². The average Bonchev–Trinajstić information content (AvgIpc) is 2.67. The molecule has 0 bridgehead atoms. The second-order valence-corrected chi connectivity index (χ2v) is 4.68. The Morgan fingerprint density at radius 1 is 1.50 bits per heavy atom. The second kappa shape index (κ2) is 8.01. The Labute approximate surface area is 99.1 Å². The Kier molecular flexibility index (Phi) is 6.96. The molecule has 0 saturated carbocycles. The van der Waals surface area contributed by atoms with Crippen molar-refractivity contribution in [2.24, 2.45) is 5.92 Å². The highest BCUT2D eigenvalue weighted by atomic mass is 16.5. The highest BCUT2D eigenvalue weighted by Crippen LogP contribution is 2.19. The summed E-state index contributed by atoms with van der Waals surface area (Å²) in [6.45, 7) is 9.02. The van der Waals surface area contributed by atoms with Gasteiger partial charge in [0.25, 0.3) is 0 Å². The maximum absolute atomic E-state index is 5.66. The number of hydrogen-bond donors (Lipinski definition) is 2. The molecule has 0 aromatic rings. The van der Waals surface area contributed by atoms with Crippen molar-refractivity contribution >= 4 is 0 Å². The first-order valence-corrected chi connectivity index (χ1v) is 6.28. The van der Waals surface area contributed by atoms with Crippen molar-refractivity contribution in [2.75, 3.05) is 40.0 Å². The predicted octanol–water partition coefficient (Wildman–Crippen LogP) is 0.626. The zero-order valence-corrected chi connectivity index (χ0v) is 10.8. The second-order valence-electron chi connectivity index (χ2n) is 4.68. The fraction of sp³-hybridized carbons (Fsp3) is 1.00. The van der Waals surface area contributed by atoms with Crippen LogP contribution in [0.5, 0.6) is 0 Å². The summed E-state index contributed by atoms with van der Waals surface area (Å²) >= 11 is 0. The van der Waals surface area contributed by atoms with E-state index in [0.717, 1.165) is 32.8 Å². The van der Waals surface area contributed by atoms with Crippen LogP contribution in [0, 0.1) is 5.92 Å². The highest BCUT2D eigenvalue weighted by Gasteiger charge is 2.23. The van der Waals surface area contributed by atoms with Crippen molar-refractivity contribution in [1.29, 1.82) is 0 Å². The molecule has 0 spiro atoms. The number of nitrogens with one attached hydrogen (secondary N) is 2. The van der Waals surface area contributed by atoms with Crippen LogP contribution in [0.2, 0.25) is 0 Å². The van der Waals surface area contributed by atoms with Gasteiger partial charge in [0.05, 0.1) is 12.7 Å². The van der Waals surface area contributed by atoms with E-state index in [1.807, 2.05) is 0 Å². The molecule has 1 heterocycles. The van der Waals surface area contributed by atoms with E-state index in [9.17, 15) is 0 Å². The van der Waals surface area contributed by atoms with E-state index in [-0.39, 0.29) is 0 Å². The lowest BCUT2D eigenvalue weighted by Crippen LogP contribution is -2.41. The van der Waals surface area contributed by atoms with Gasteiger partial charge in [-0.25, -0.2) is 0 Å². The lowest BCUT2D eigenvalue weighted by atomic mass is 10.0. The molecule has 1 rings (SSSR count). The first-order valence-electron chi connectivity index (χ1n) is 6.28. The van der Waals surface area contributed by atoms with Crippen molar-refractivity contribution in [3.63, 3.8) is 0 Å². The van der Waals surface area contributed by atoms with Gasteiger partial charge in [0, 0.05) is 39.4 Å². The van der Waals surface area contributed by atoms with Crippen LogP contribution in [0.4, 0.5) is 0 Å². The molecule has 4 heteroatoms. The molecule has 0 amide bonds. The molecule has 3 atom stereocenters. The predicted molar refractivity (Wildman–Crippen MR) is 65.7 cm³/mol. The number of methoxy groups -OCH3 is 1. The van der Waals surface area contributed by atoms with Gasteiger partial charge >= 0.3 is 0 Å². The highest BCUT2D eigenvalue weighted by molar-refractivity contribution is 4.76. The van der Waals surface area contributed by atoms with Crippen LogP contribution in [0.3, 0.4) is 0 Å². The van der Waals surface area contributed by atoms with Crippen molar-refractivity contribution in [3.8, 4) is 0 Å². The van der Waals surface area contributed by atoms with Gasteiger partial charge in [-0.3, -0.25) is 0 Å². The van der Waals surface area contributed by atoms with Gasteiger partial charge in [0.1, 0.15) is 0 Å². The fourth-order valence-electron chi connectivity index (χ4n) is 1.90. The normalized spacial score (nSPS) is 27.2. The zero-order chi connectivity index (χ0) is 11.8. The maximum Gasteiger partial charge on any atom is 0.0725 e. The molecule has 1 saturated heterocycles. The van der Waals surface area contributed by atoms with E-state index in [4.69, 9.17) is 9.47 Å². The van der Waals surface area contributed by atoms with Gasteiger partial charge in [0.2, 0.25) is 0 Å². The summed E-state index contributed by atoms with van der Waals surface area (Å²) in [5.74, 6) is 0.696. The van der Waals surface area contributed by atoms with Crippen LogP contribution < -0.4 is 10.6 Å². The average molecular weight is 230 g/mol. The van der Waals surface area contributed by atoms with Gasteiger partial charge in [-0.15, -0.1) is 0 Å². The molecule has 1 aliphatic rings. The summed E-state index contributed by atoms with van der Waals surface area (Å²) in [4.78, 5) is 0. The Morgan fingerprint density at radius 2 is 2.31 bits per heavy atom. The third kappa shape index (κ3) is 5.25. The molecule has 0 aromatic carbocycles. The standard InChI is InChI=1S/C12H26N2O2/c1-10-4-6-16-12(10)9-14-11(2)8-13-5-7-15-3/h10-14H,4-9H2,1-3H3. The van der Waals surface area contributed by atoms with Gasteiger partial charge in [-0.05, 0) is 19.3 Å². The molecular formula is C12H26N2O2. The van der Waals surface area contributed by atoms with E-state index in [0.29, 0.717) is 18.1 Å². The minimum absolute atomic E-state index is 0.404. The summed E-state index contributed by atoms with van der Waals surface area (Å²) in [6.07, 6.45) is 1.61. The van der Waals surface area contributed by atoms with Crippen molar-refractivity contribution in [2.45, 2.75) is 32.4 Å². The monoisotopic (exact) mass is 230 g/mol. The largest absolute Gasteiger partial charge is 0.383 e. The molecule has 1 aliphatic heterocycles. The van der Waals surface area contributed by atoms with Crippen molar-refractivity contribution in [1.82, 2.24) is 10.6 Å². The number of hydrogen-bond acceptors (Lipinski definition) is 4. The van der Waals surface area contributed by atoms with Crippen LogP contribution in [0.25, 0.3) is 0 Å². The summed E-state index contributed by atoms with van der Waals surface area (Å²) in [5.41, 5.74) is 0. The molecule has 0 radical (unpaired) electrons. The SMILES string of the molecule is COCCNCC(C)NCC1OCCC1C. The quantitative estimate of drug-likeness (QED) is 0.600. The third-order valence-corrected chi connectivity index (χ3v) is 3.14. The smallest absolute Gasteiger partial charge is 0.0725 e. The van der Waals surface area contributed by atoms with Gasteiger partial charge < -0.3 is 20.1 Å². The molecule has 1 fully saturated rings. The van der Waals surface area contributed by atoms with Crippen LogP contribution in [0.15, 0.2) is 0 Å². The first-order chi connectivity index (χ1) is 7.74. The van der Waals surface area contributed by atoms with Gasteiger partial charge in [-0.2, -0.15) is 0 Å². The van der Waals surface area contributed by atoms with E-state index in [1.54, 1.807) is 7.11 Å². The number of rotatable bonds is 8. The minimum Gasteiger partial charge on any atom is -0.383 e. The minimum atomic E-state index is 0.404. The molecule has 0 aliphatic carbocycles. The number of ether oxygens (including phenoxy) is 2. The Hall–Kier alpha value is -0.160. The Bertz CT molecular complexity index is 178. The summed E-state index contributed by atoms with van der Waals surface area (Å²) < 4.78 is 10.6. The molecule has 2 N–H and O–H groups in total. The van der Waals surface area contributed by atoms with Crippen LogP contribution in [-0.2, 0) is 9.47 Å². The van der Waals surface area contributed by atoms with Crippen LogP contribution in [0.1, 0.15) is 20.3 Å². The molecule has 4 nitrogen and oxygen atoms in total. The molecule has 96 valence electrons. The lowest BCUT2D eigenvalue weighted by Gasteiger charge is -2.19.